The summed E-state index contributed by atoms with van der Waals surface area (Å²) in [6.45, 7) is 3.83. The number of rotatable bonds is 5. The molecular weight excluding hydrogens is 276 g/mol. The van der Waals surface area contributed by atoms with Gasteiger partial charge in [0.2, 0.25) is 0 Å². The lowest BCUT2D eigenvalue weighted by Crippen LogP contribution is -2.34. The van der Waals surface area contributed by atoms with E-state index in [9.17, 15) is 4.79 Å². The Balaban J connectivity index is 1.93. The number of nitrogens with one attached hydrogen (secondary N) is 1. The van der Waals surface area contributed by atoms with Crippen molar-refractivity contribution in [3.05, 3.63) is 53.6 Å². The van der Waals surface area contributed by atoms with Crippen LogP contribution in [0.2, 0.25) is 0 Å². The lowest BCUT2D eigenvalue weighted by Gasteiger charge is -2.16. The fourth-order valence-corrected chi connectivity index (χ4v) is 2.14. The third kappa shape index (κ3) is 4.28. The van der Waals surface area contributed by atoms with Crippen molar-refractivity contribution in [1.82, 2.24) is 15.3 Å². The van der Waals surface area contributed by atoms with Crippen molar-refractivity contribution in [3.63, 3.8) is 0 Å². The van der Waals surface area contributed by atoms with Gasteiger partial charge in [-0.2, -0.15) is 0 Å². The fourth-order valence-electron chi connectivity index (χ4n) is 2.14. The number of benzene rings is 1. The zero-order valence-electron chi connectivity index (χ0n) is 13.5. The van der Waals surface area contributed by atoms with Crippen LogP contribution in [0.3, 0.4) is 0 Å². The number of carbonyl (C=O) groups excluding carboxylic acids is 1. The minimum atomic E-state index is -0.190. The molecule has 1 aromatic heterocycles. The Morgan fingerprint density at radius 1 is 1.18 bits per heavy atom. The van der Waals surface area contributed by atoms with E-state index in [-0.39, 0.29) is 11.9 Å². The molecule has 0 bridgehead atoms. The van der Waals surface area contributed by atoms with Crippen LogP contribution in [0.4, 0.5) is 5.69 Å². The molecule has 1 atom stereocenters. The number of hydrogen-bond donors (Lipinski definition) is 1. The topological polar surface area (TPSA) is 58.1 Å². The molecule has 1 unspecified atom stereocenters. The third-order valence-electron chi connectivity index (χ3n) is 3.39. The van der Waals surface area contributed by atoms with Crippen molar-refractivity contribution in [2.45, 2.75) is 26.3 Å². The zero-order valence-corrected chi connectivity index (χ0v) is 13.5. The Labute approximate surface area is 131 Å². The van der Waals surface area contributed by atoms with E-state index < -0.39 is 0 Å². The van der Waals surface area contributed by atoms with Gasteiger partial charge in [-0.15, -0.1) is 0 Å². The molecule has 1 heterocycles. The standard InChI is InChI=1S/C17H22N4O/c1-12(9-14-5-7-15(8-6-14)21(3)4)20-17(22)16-11-18-13(2)10-19-16/h5-8,10-12H,9H2,1-4H3,(H,20,22). The molecule has 116 valence electrons. The maximum absolute atomic E-state index is 12.1. The van der Waals surface area contributed by atoms with Crippen LogP contribution in [0.25, 0.3) is 0 Å². The van der Waals surface area contributed by atoms with Gasteiger partial charge in [-0.3, -0.25) is 9.78 Å². The van der Waals surface area contributed by atoms with Crippen molar-refractivity contribution >= 4 is 11.6 Å². The first-order valence-corrected chi connectivity index (χ1v) is 7.31. The number of aromatic nitrogens is 2. The highest BCUT2D eigenvalue weighted by Crippen LogP contribution is 2.13. The first-order valence-electron chi connectivity index (χ1n) is 7.31. The van der Waals surface area contributed by atoms with Gasteiger partial charge < -0.3 is 10.2 Å². The van der Waals surface area contributed by atoms with Crippen LogP contribution in [-0.4, -0.2) is 36.0 Å². The highest BCUT2D eigenvalue weighted by atomic mass is 16.1. The van der Waals surface area contributed by atoms with Crippen LogP contribution in [0.5, 0.6) is 0 Å². The predicted molar refractivity (Wildman–Crippen MR) is 88.2 cm³/mol. The van der Waals surface area contributed by atoms with Crippen LogP contribution in [0.1, 0.15) is 28.7 Å². The molecular formula is C17H22N4O. The van der Waals surface area contributed by atoms with Gasteiger partial charge in [0.1, 0.15) is 5.69 Å². The lowest BCUT2D eigenvalue weighted by molar-refractivity contribution is 0.0934. The van der Waals surface area contributed by atoms with E-state index >= 15 is 0 Å². The van der Waals surface area contributed by atoms with Crippen molar-refractivity contribution in [2.24, 2.45) is 0 Å². The molecule has 0 spiro atoms. The van der Waals surface area contributed by atoms with Gasteiger partial charge in [0.05, 0.1) is 11.9 Å². The quantitative estimate of drug-likeness (QED) is 0.919. The minimum Gasteiger partial charge on any atom is -0.378 e. The molecule has 5 nitrogen and oxygen atoms in total. The number of hydrogen-bond acceptors (Lipinski definition) is 4. The average Bonchev–Trinajstić information content (AvgIpc) is 2.48. The Bertz CT molecular complexity index is 620. The molecule has 0 aliphatic heterocycles. The molecule has 0 aliphatic rings. The largest absolute Gasteiger partial charge is 0.378 e. The van der Waals surface area contributed by atoms with Gasteiger partial charge in [-0.05, 0) is 38.0 Å². The predicted octanol–water partition coefficient (Wildman–Crippen LogP) is 2.21. The van der Waals surface area contributed by atoms with Gasteiger partial charge in [0, 0.05) is 32.0 Å². The molecule has 2 aromatic rings. The monoisotopic (exact) mass is 298 g/mol. The second kappa shape index (κ2) is 7.02. The normalized spacial score (nSPS) is 11.8. The third-order valence-corrected chi connectivity index (χ3v) is 3.39. The molecule has 1 amide bonds. The van der Waals surface area contributed by atoms with Crippen molar-refractivity contribution in [3.8, 4) is 0 Å². The summed E-state index contributed by atoms with van der Waals surface area (Å²) in [6, 6.07) is 8.36. The molecule has 0 saturated heterocycles. The molecule has 2 rings (SSSR count). The van der Waals surface area contributed by atoms with Crippen LogP contribution in [0, 0.1) is 6.92 Å². The smallest absolute Gasteiger partial charge is 0.271 e. The van der Waals surface area contributed by atoms with Gasteiger partial charge in [0.25, 0.3) is 5.91 Å². The molecule has 5 heteroatoms. The Kier molecular flexibility index (Phi) is 5.09. The number of aryl methyl sites for hydroxylation is 1. The summed E-state index contributed by atoms with van der Waals surface area (Å²) in [5.41, 5.74) is 3.50. The summed E-state index contributed by atoms with van der Waals surface area (Å²) in [6.07, 6.45) is 3.88. The minimum absolute atomic E-state index is 0.0285. The highest BCUT2D eigenvalue weighted by Gasteiger charge is 2.12. The maximum atomic E-state index is 12.1. The SMILES string of the molecule is Cc1cnc(C(=O)NC(C)Cc2ccc(N(C)C)cc2)cn1. The van der Waals surface area contributed by atoms with Gasteiger partial charge in [-0.25, -0.2) is 4.98 Å². The van der Waals surface area contributed by atoms with Crippen LogP contribution < -0.4 is 10.2 Å². The van der Waals surface area contributed by atoms with E-state index in [0.717, 1.165) is 17.8 Å². The summed E-state index contributed by atoms with van der Waals surface area (Å²) in [4.78, 5) is 22.3. The Morgan fingerprint density at radius 2 is 1.86 bits per heavy atom. The van der Waals surface area contributed by atoms with E-state index in [1.54, 1.807) is 6.20 Å². The second-order valence-electron chi connectivity index (χ2n) is 5.68. The van der Waals surface area contributed by atoms with Crippen LogP contribution in [-0.2, 0) is 6.42 Å². The molecule has 1 N–H and O–H groups in total. The molecule has 0 fully saturated rings. The molecule has 1 aromatic carbocycles. The van der Waals surface area contributed by atoms with E-state index in [4.69, 9.17) is 0 Å². The van der Waals surface area contributed by atoms with Crippen molar-refractivity contribution in [2.75, 3.05) is 19.0 Å². The first kappa shape index (κ1) is 15.9. The number of carbonyl (C=O) groups is 1. The van der Waals surface area contributed by atoms with E-state index in [1.807, 2.05) is 27.9 Å². The summed E-state index contributed by atoms with van der Waals surface area (Å²) in [5, 5.41) is 2.95. The second-order valence-corrected chi connectivity index (χ2v) is 5.68. The molecule has 0 saturated carbocycles. The summed E-state index contributed by atoms with van der Waals surface area (Å²) < 4.78 is 0. The Hall–Kier alpha value is -2.43. The summed E-state index contributed by atoms with van der Waals surface area (Å²) >= 11 is 0. The lowest BCUT2D eigenvalue weighted by atomic mass is 10.1. The first-order chi connectivity index (χ1) is 10.5. The molecule has 0 aliphatic carbocycles. The summed E-state index contributed by atoms with van der Waals surface area (Å²) in [5.74, 6) is -0.190. The molecule has 22 heavy (non-hydrogen) atoms. The van der Waals surface area contributed by atoms with E-state index in [2.05, 4.69) is 44.5 Å². The average molecular weight is 298 g/mol. The number of nitrogens with zero attached hydrogens (tertiary/aromatic N) is 3. The van der Waals surface area contributed by atoms with Crippen LogP contribution in [0.15, 0.2) is 36.7 Å². The van der Waals surface area contributed by atoms with E-state index in [0.29, 0.717) is 5.69 Å². The molecule has 0 radical (unpaired) electrons. The van der Waals surface area contributed by atoms with E-state index in [1.165, 1.54) is 11.8 Å². The number of amides is 1. The van der Waals surface area contributed by atoms with Gasteiger partial charge in [0.15, 0.2) is 0 Å². The van der Waals surface area contributed by atoms with Crippen molar-refractivity contribution in [1.29, 1.82) is 0 Å². The highest BCUT2D eigenvalue weighted by molar-refractivity contribution is 5.92. The summed E-state index contributed by atoms with van der Waals surface area (Å²) in [7, 11) is 4.03. The Morgan fingerprint density at radius 3 is 2.41 bits per heavy atom. The van der Waals surface area contributed by atoms with Crippen molar-refractivity contribution < 1.29 is 4.79 Å². The zero-order chi connectivity index (χ0) is 16.1. The van der Waals surface area contributed by atoms with Gasteiger partial charge >= 0.3 is 0 Å². The fraction of sp³-hybridized carbons (Fsp3) is 0.353. The maximum Gasteiger partial charge on any atom is 0.271 e. The van der Waals surface area contributed by atoms with Gasteiger partial charge in [-0.1, -0.05) is 12.1 Å². The van der Waals surface area contributed by atoms with Crippen LogP contribution >= 0.6 is 0 Å². The number of anilines is 1.